The Morgan fingerprint density at radius 3 is 2.22 bits per heavy atom. The Hall–Kier alpha value is -1.59. The first-order valence-electron chi connectivity index (χ1n) is 8.45. The SMILES string of the molecule is CCNC(=O)NC1CCC(OC(=O)CC(C)(C)CC(C)=O)CC1. The second-order valence-corrected chi connectivity index (χ2v) is 7.19. The fourth-order valence-electron chi connectivity index (χ4n) is 3.08. The third kappa shape index (κ3) is 8.00. The molecule has 1 fully saturated rings. The molecule has 0 radical (unpaired) electrons. The summed E-state index contributed by atoms with van der Waals surface area (Å²) in [5.74, 6) is -0.156. The zero-order valence-electron chi connectivity index (χ0n) is 14.7. The number of urea groups is 1. The molecule has 6 nitrogen and oxygen atoms in total. The lowest BCUT2D eigenvalue weighted by atomic mass is 9.84. The van der Waals surface area contributed by atoms with Crippen LogP contribution < -0.4 is 10.6 Å². The summed E-state index contributed by atoms with van der Waals surface area (Å²) in [7, 11) is 0. The van der Waals surface area contributed by atoms with E-state index in [4.69, 9.17) is 4.74 Å². The van der Waals surface area contributed by atoms with Gasteiger partial charge in [-0.15, -0.1) is 0 Å². The average molecular weight is 326 g/mol. The monoisotopic (exact) mass is 326 g/mol. The van der Waals surface area contributed by atoms with Crippen LogP contribution in [0.15, 0.2) is 0 Å². The van der Waals surface area contributed by atoms with Crippen LogP contribution in [0.2, 0.25) is 0 Å². The van der Waals surface area contributed by atoms with Gasteiger partial charge in [0.15, 0.2) is 0 Å². The molecule has 0 bridgehead atoms. The van der Waals surface area contributed by atoms with Crippen LogP contribution in [0.25, 0.3) is 0 Å². The van der Waals surface area contributed by atoms with Crippen LogP contribution in [0.3, 0.4) is 0 Å². The van der Waals surface area contributed by atoms with Gasteiger partial charge in [0.2, 0.25) is 0 Å². The Morgan fingerprint density at radius 1 is 1.09 bits per heavy atom. The molecular formula is C17H30N2O4. The van der Waals surface area contributed by atoms with Gasteiger partial charge in [-0.2, -0.15) is 0 Å². The molecule has 0 aromatic carbocycles. The Kier molecular flexibility index (Phi) is 7.52. The number of rotatable bonds is 7. The van der Waals surface area contributed by atoms with Gasteiger partial charge in [0.1, 0.15) is 11.9 Å². The summed E-state index contributed by atoms with van der Waals surface area (Å²) in [5, 5.41) is 5.64. The van der Waals surface area contributed by atoms with Crippen molar-refractivity contribution in [2.24, 2.45) is 5.41 Å². The van der Waals surface area contributed by atoms with Gasteiger partial charge in [-0.25, -0.2) is 4.79 Å². The highest BCUT2D eigenvalue weighted by Gasteiger charge is 2.28. The number of carbonyl (C=O) groups excluding carboxylic acids is 3. The number of hydrogen-bond donors (Lipinski definition) is 2. The number of Topliss-reactive ketones (excluding diaryl/α,β-unsaturated/α-hetero) is 1. The van der Waals surface area contributed by atoms with E-state index in [0.717, 1.165) is 25.7 Å². The molecule has 0 saturated heterocycles. The molecule has 2 N–H and O–H groups in total. The van der Waals surface area contributed by atoms with Crippen LogP contribution in [0.1, 0.15) is 66.2 Å². The number of amides is 2. The van der Waals surface area contributed by atoms with Crippen molar-refractivity contribution in [1.82, 2.24) is 10.6 Å². The summed E-state index contributed by atoms with van der Waals surface area (Å²) >= 11 is 0. The van der Waals surface area contributed by atoms with Crippen molar-refractivity contribution < 1.29 is 19.1 Å². The zero-order chi connectivity index (χ0) is 17.5. The molecule has 0 spiro atoms. The Morgan fingerprint density at radius 2 is 1.70 bits per heavy atom. The van der Waals surface area contributed by atoms with Crippen molar-refractivity contribution in [2.45, 2.75) is 78.4 Å². The molecule has 1 aliphatic rings. The van der Waals surface area contributed by atoms with Crippen LogP contribution in [0, 0.1) is 5.41 Å². The van der Waals surface area contributed by atoms with E-state index in [2.05, 4.69) is 10.6 Å². The molecule has 0 atom stereocenters. The first-order valence-corrected chi connectivity index (χ1v) is 8.45. The fourth-order valence-corrected chi connectivity index (χ4v) is 3.08. The highest BCUT2D eigenvalue weighted by atomic mass is 16.5. The minimum atomic E-state index is -0.361. The lowest BCUT2D eigenvalue weighted by Crippen LogP contribution is -2.44. The molecular weight excluding hydrogens is 296 g/mol. The molecule has 2 amide bonds. The third-order valence-corrected chi connectivity index (χ3v) is 4.00. The van der Waals surface area contributed by atoms with Gasteiger partial charge in [0.05, 0.1) is 6.42 Å². The molecule has 132 valence electrons. The van der Waals surface area contributed by atoms with Crippen molar-refractivity contribution in [3.8, 4) is 0 Å². The molecule has 0 aliphatic heterocycles. The third-order valence-electron chi connectivity index (χ3n) is 4.00. The van der Waals surface area contributed by atoms with Gasteiger partial charge < -0.3 is 20.2 Å². The highest BCUT2D eigenvalue weighted by Crippen LogP contribution is 2.28. The van der Waals surface area contributed by atoms with Crippen LogP contribution >= 0.6 is 0 Å². The van der Waals surface area contributed by atoms with Crippen molar-refractivity contribution >= 4 is 17.8 Å². The van der Waals surface area contributed by atoms with Crippen molar-refractivity contribution in [1.29, 1.82) is 0 Å². The number of ketones is 1. The van der Waals surface area contributed by atoms with E-state index in [1.54, 1.807) is 0 Å². The largest absolute Gasteiger partial charge is 0.462 e. The van der Waals surface area contributed by atoms with E-state index >= 15 is 0 Å². The standard InChI is InChI=1S/C17H30N2O4/c1-5-18-16(22)19-13-6-8-14(9-7-13)23-15(21)11-17(3,4)10-12(2)20/h13-14H,5-11H2,1-4H3,(H2,18,19,22). The molecule has 1 rings (SSSR count). The minimum Gasteiger partial charge on any atom is -0.462 e. The maximum atomic E-state index is 12.0. The predicted molar refractivity (Wildman–Crippen MR) is 88.0 cm³/mol. The van der Waals surface area contributed by atoms with Gasteiger partial charge >= 0.3 is 12.0 Å². The fraction of sp³-hybridized carbons (Fsp3) is 0.824. The maximum absolute atomic E-state index is 12.0. The molecule has 0 aromatic rings. The number of hydrogen-bond acceptors (Lipinski definition) is 4. The maximum Gasteiger partial charge on any atom is 0.314 e. The van der Waals surface area contributed by atoms with Crippen LogP contribution in [0.5, 0.6) is 0 Å². The molecule has 1 aliphatic carbocycles. The summed E-state index contributed by atoms with van der Waals surface area (Å²) in [6.45, 7) is 7.83. The van der Waals surface area contributed by atoms with E-state index in [1.165, 1.54) is 6.92 Å². The van der Waals surface area contributed by atoms with Crippen molar-refractivity contribution in [3.05, 3.63) is 0 Å². The summed E-state index contributed by atoms with van der Waals surface area (Å²) in [6, 6.07) is 0.00424. The number of carbonyl (C=O) groups is 3. The summed E-state index contributed by atoms with van der Waals surface area (Å²) in [6.07, 6.45) is 3.70. The quantitative estimate of drug-likeness (QED) is 0.704. The van der Waals surface area contributed by atoms with Crippen LogP contribution in [-0.2, 0) is 14.3 Å². The Labute approximate surface area is 138 Å². The van der Waals surface area contributed by atoms with Crippen molar-refractivity contribution in [3.63, 3.8) is 0 Å². The smallest absolute Gasteiger partial charge is 0.314 e. The van der Waals surface area contributed by atoms with E-state index in [1.807, 2.05) is 20.8 Å². The number of esters is 1. The number of nitrogens with one attached hydrogen (secondary N) is 2. The molecule has 1 saturated carbocycles. The predicted octanol–water partition coefficient (Wildman–Crippen LogP) is 2.56. The highest BCUT2D eigenvalue weighted by molar-refractivity contribution is 5.78. The van der Waals surface area contributed by atoms with Gasteiger partial charge in [-0.3, -0.25) is 4.79 Å². The van der Waals surface area contributed by atoms with Gasteiger partial charge in [-0.05, 0) is 44.9 Å². The minimum absolute atomic E-state index is 0.0806. The van der Waals surface area contributed by atoms with Crippen LogP contribution in [-0.4, -0.2) is 36.5 Å². The van der Waals surface area contributed by atoms with Gasteiger partial charge in [0, 0.05) is 19.0 Å². The Bertz CT molecular complexity index is 426. The lowest BCUT2D eigenvalue weighted by molar-refractivity contribution is -0.153. The first kappa shape index (κ1) is 19.5. The average Bonchev–Trinajstić information content (AvgIpc) is 2.38. The van der Waals surface area contributed by atoms with E-state index in [-0.39, 0.29) is 41.8 Å². The Balaban J connectivity index is 2.31. The molecule has 6 heteroatoms. The van der Waals surface area contributed by atoms with Crippen molar-refractivity contribution in [2.75, 3.05) is 6.54 Å². The van der Waals surface area contributed by atoms with Crippen LogP contribution in [0.4, 0.5) is 4.79 Å². The molecule has 0 heterocycles. The summed E-state index contributed by atoms with van der Waals surface area (Å²) < 4.78 is 5.53. The normalized spacial score (nSPS) is 21.4. The van der Waals surface area contributed by atoms with Gasteiger partial charge in [0.25, 0.3) is 0 Å². The van der Waals surface area contributed by atoms with E-state index < -0.39 is 0 Å². The second kappa shape index (κ2) is 8.89. The molecule has 23 heavy (non-hydrogen) atoms. The first-order chi connectivity index (χ1) is 10.7. The lowest BCUT2D eigenvalue weighted by Gasteiger charge is -2.30. The summed E-state index contributed by atoms with van der Waals surface area (Å²) in [5.41, 5.74) is -0.361. The molecule has 0 aromatic heterocycles. The molecule has 0 unspecified atom stereocenters. The van der Waals surface area contributed by atoms with E-state index in [0.29, 0.717) is 13.0 Å². The summed E-state index contributed by atoms with van der Waals surface area (Å²) in [4.78, 5) is 34.7. The topological polar surface area (TPSA) is 84.5 Å². The number of ether oxygens (including phenoxy) is 1. The van der Waals surface area contributed by atoms with Gasteiger partial charge in [-0.1, -0.05) is 13.8 Å². The zero-order valence-corrected chi connectivity index (χ0v) is 14.7. The van der Waals surface area contributed by atoms with E-state index in [9.17, 15) is 14.4 Å². The second-order valence-electron chi connectivity index (χ2n) is 7.19.